The number of halogens is 2. The quantitative estimate of drug-likeness (QED) is 0.601. The Kier molecular flexibility index (Phi) is 6.29. The fourth-order valence-electron chi connectivity index (χ4n) is 1.58. The van der Waals surface area contributed by atoms with Gasteiger partial charge in [0.05, 0.1) is 0 Å². The summed E-state index contributed by atoms with van der Waals surface area (Å²) in [5, 5.41) is 0. The van der Waals surface area contributed by atoms with E-state index >= 15 is 0 Å². The Hall–Kier alpha value is -1.69. The van der Waals surface area contributed by atoms with Crippen LogP contribution in [-0.2, 0) is 14.3 Å². The van der Waals surface area contributed by atoms with Gasteiger partial charge in [-0.05, 0) is 45.0 Å². The summed E-state index contributed by atoms with van der Waals surface area (Å²) in [6.45, 7) is 5.09. The highest BCUT2D eigenvalue weighted by molar-refractivity contribution is 9.10. The number of amides is 1. The van der Waals surface area contributed by atoms with Gasteiger partial charge in [0.25, 0.3) is 0 Å². The number of hydrogen-bond acceptors (Lipinski definition) is 3. The monoisotopic (exact) mass is 371 g/mol. The zero-order valence-corrected chi connectivity index (χ0v) is 14.6. The summed E-state index contributed by atoms with van der Waals surface area (Å²) in [5.74, 6) is -1.34. The van der Waals surface area contributed by atoms with Crippen molar-refractivity contribution in [2.75, 3.05) is 13.6 Å². The summed E-state index contributed by atoms with van der Waals surface area (Å²) in [4.78, 5) is 24.8. The summed E-state index contributed by atoms with van der Waals surface area (Å²) >= 11 is 3.24. The van der Waals surface area contributed by atoms with Crippen LogP contribution in [0.15, 0.2) is 28.7 Å². The van der Waals surface area contributed by atoms with Gasteiger partial charge < -0.3 is 9.64 Å². The van der Waals surface area contributed by atoms with Crippen molar-refractivity contribution >= 4 is 33.9 Å². The van der Waals surface area contributed by atoms with Gasteiger partial charge in [-0.3, -0.25) is 9.59 Å². The second kappa shape index (κ2) is 7.54. The Balaban J connectivity index is 2.66. The molecule has 0 atom stereocenters. The predicted molar refractivity (Wildman–Crippen MR) is 86.6 cm³/mol. The van der Waals surface area contributed by atoms with Crippen LogP contribution < -0.4 is 0 Å². The Morgan fingerprint density at radius 1 is 1.36 bits per heavy atom. The fraction of sp³-hybridized carbons (Fsp3) is 0.375. The molecule has 0 heterocycles. The van der Waals surface area contributed by atoms with Crippen molar-refractivity contribution < 1.29 is 18.7 Å². The minimum absolute atomic E-state index is 0.165. The average molecular weight is 372 g/mol. The van der Waals surface area contributed by atoms with Gasteiger partial charge >= 0.3 is 5.97 Å². The molecule has 1 aromatic carbocycles. The summed E-state index contributed by atoms with van der Waals surface area (Å²) < 4.78 is 19.4. The Morgan fingerprint density at radius 2 is 2.00 bits per heavy atom. The number of hydrogen-bond donors (Lipinski definition) is 0. The lowest BCUT2D eigenvalue weighted by atomic mass is 10.2. The molecule has 0 fully saturated rings. The first kappa shape index (κ1) is 18.4. The lowest BCUT2D eigenvalue weighted by Gasteiger charge is -2.22. The molecule has 0 bridgehead atoms. The van der Waals surface area contributed by atoms with Crippen molar-refractivity contribution in [3.63, 3.8) is 0 Å². The number of likely N-dealkylation sites (N-methyl/N-ethyl adjacent to an activating group) is 1. The van der Waals surface area contributed by atoms with Gasteiger partial charge in [0.15, 0.2) is 0 Å². The Morgan fingerprint density at radius 3 is 2.59 bits per heavy atom. The van der Waals surface area contributed by atoms with Gasteiger partial charge in [-0.1, -0.05) is 15.9 Å². The number of esters is 1. The third-order valence-corrected chi connectivity index (χ3v) is 3.02. The van der Waals surface area contributed by atoms with Crippen molar-refractivity contribution in [3.8, 4) is 0 Å². The van der Waals surface area contributed by atoms with E-state index in [9.17, 15) is 14.0 Å². The second-order valence-corrected chi connectivity index (χ2v) is 6.70. The van der Waals surface area contributed by atoms with E-state index in [4.69, 9.17) is 4.74 Å². The number of rotatable bonds is 4. The molecule has 0 N–H and O–H groups in total. The normalized spacial score (nSPS) is 11.5. The van der Waals surface area contributed by atoms with Crippen molar-refractivity contribution in [1.29, 1.82) is 0 Å². The van der Waals surface area contributed by atoms with Crippen molar-refractivity contribution in [1.82, 2.24) is 4.90 Å². The van der Waals surface area contributed by atoms with Gasteiger partial charge in [-0.25, -0.2) is 4.39 Å². The molecule has 0 aliphatic carbocycles. The average Bonchev–Trinajstić information content (AvgIpc) is 2.37. The van der Waals surface area contributed by atoms with E-state index in [1.54, 1.807) is 32.9 Å². The number of nitrogens with zero attached hydrogens (tertiary/aromatic N) is 1. The van der Waals surface area contributed by atoms with Crippen LogP contribution in [0.4, 0.5) is 4.39 Å². The van der Waals surface area contributed by atoms with Gasteiger partial charge in [0.1, 0.15) is 18.0 Å². The molecule has 1 aromatic rings. The SMILES string of the molecule is CN(CC(=O)OC(C)(C)C)C(=O)/C=C/c1cc(Br)ccc1F. The Labute approximate surface area is 138 Å². The smallest absolute Gasteiger partial charge is 0.326 e. The topological polar surface area (TPSA) is 46.6 Å². The molecule has 0 spiro atoms. The van der Waals surface area contributed by atoms with Crippen LogP contribution in [-0.4, -0.2) is 36.0 Å². The number of ether oxygens (including phenoxy) is 1. The molecule has 1 rings (SSSR count). The molecule has 0 aromatic heterocycles. The highest BCUT2D eigenvalue weighted by atomic mass is 79.9. The highest BCUT2D eigenvalue weighted by Crippen LogP contribution is 2.16. The van der Waals surface area contributed by atoms with Gasteiger partial charge in [0, 0.05) is 23.2 Å². The zero-order valence-electron chi connectivity index (χ0n) is 13.0. The molecule has 0 aliphatic rings. The van der Waals surface area contributed by atoms with Crippen LogP contribution in [0.5, 0.6) is 0 Å². The molecule has 0 radical (unpaired) electrons. The molecule has 0 saturated heterocycles. The van der Waals surface area contributed by atoms with Crippen LogP contribution in [0.25, 0.3) is 6.08 Å². The summed E-state index contributed by atoms with van der Waals surface area (Å²) in [5.41, 5.74) is -0.315. The molecule has 120 valence electrons. The summed E-state index contributed by atoms with van der Waals surface area (Å²) in [7, 11) is 1.48. The molecular weight excluding hydrogens is 353 g/mol. The van der Waals surface area contributed by atoms with E-state index in [2.05, 4.69) is 15.9 Å². The van der Waals surface area contributed by atoms with Crippen LogP contribution in [0.3, 0.4) is 0 Å². The molecule has 1 amide bonds. The van der Waals surface area contributed by atoms with E-state index in [1.165, 1.54) is 30.2 Å². The standard InChI is InChI=1S/C16H19BrFNO3/c1-16(2,3)22-15(21)10-19(4)14(20)8-5-11-9-12(17)6-7-13(11)18/h5-9H,10H2,1-4H3/b8-5+. The first-order chi connectivity index (χ1) is 10.1. The molecular formula is C16H19BrFNO3. The van der Waals surface area contributed by atoms with E-state index in [1.807, 2.05) is 0 Å². The number of carbonyl (C=O) groups excluding carboxylic acids is 2. The van der Waals surface area contributed by atoms with Crippen molar-refractivity contribution in [3.05, 3.63) is 40.1 Å². The molecule has 0 unspecified atom stereocenters. The molecule has 22 heavy (non-hydrogen) atoms. The summed E-state index contributed by atoms with van der Waals surface area (Å²) in [6, 6.07) is 4.44. The van der Waals surface area contributed by atoms with Crippen LogP contribution in [0.1, 0.15) is 26.3 Å². The highest BCUT2D eigenvalue weighted by Gasteiger charge is 2.18. The number of carbonyl (C=O) groups is 2. The maximum atomic E-state index is 13.5. The lowest BCUT2D eigenvalue weighted by molar-refractivity contribution is -0.157. The van der Waals surface area contributed by atoms with E-state index in [0.717, 1.165) is 0 Å². The first-order valence-electron chi connectivity index (χ1n) is 6.68. The van der Waals surface area contributed by atoms with Crippen molar-refractivity contribution in [2.45, 2.75) is 26.4 Å². The largest absolute Gasteiger partial charge is 0.459 e. The van der Waals surface area contributed by atoms with Gasteiger partial charge in [-0.15, -0.1) is 0 Å². The first-order valence-corrected chi connectivity index (χ1v) is 7.48. The summed E-state index contributed by atoms with van der Waals surface area (Å²) in [6.07, 6.45) is 2.59. The molecule has 4 nitrogen and oxygen atoms in total. The molecule has 0 saturated carbocycles. The van der Waals surface area contributed by atoms with Crippen LogP contribution in [0, 0.1) is 5.82 Å². The van der Waals surface area contributed by atoms with Crippen LogP contribution in [0.2, 0.25) is 0 Å². The minimum Gasteiger partial charge on any atom is -0.459 e. The van der Waals surface area contributed by atoms with E-state index < -0.39 is 23.3 Å². The molecule has 6 heteroatoms. The van der Waals surface area contributed by atoms with Crippen molar-refractivity contribution in [2.24, 2.45) is 0 Å². The van der Waals surface area contributed by atoms with Crippen LogP contribution >= 0.6 is 15.9 Å². The van der Waals surface area contributed by atoms with Gasteiger partial charge in [0.2, 0.25) is 5.91 Å². The molecule has 0 aliphatic heterocycles. The number of benzene rings is 1. The van der Waals surface area contributed by atoms with E-state index in [0.29, 0.717) is 4.47 Å². The Bertz CT molecular complexity index is 594. The lowest BCUT2D eigenvalue weighted by Crippen LogP contribution is -2.35. The maximum Gasteiger partial charge on any atom is 0.326 e. The predicted octanol–water partition coefficient (Wildman–Crippen LogP) is 3.40. The maximum absolute atomic E-state index is 13.5. The zero-order chi connectivity index (χ0) is 16.9. The third kappa shape index (κ3) is 6.39. The fourth-order valence-corrected chi connectivity index (χ4v) is 1.95. The minimum atomic E-state index is -0.601. The van der Waals surface area contributed by atoms with Gasteiger partial charge in [-0.2, -0.15) is 0 Å². The second-order valence-electron chi connectivity index (χ2n) is 5.78. The third-order valence-electron chi connectivity index (χ3n) is 2.53. The van der Waals surface area contributed by atoms with E-state index in [-0.39, 0.29) is 12.1 Å².